The third-order valence-electron chi connectivity index (χ3n) is 2.61. The zero-order valence-corrected chi connectivity index (χ0v) is 10.6. The van der Waals surface area contributed by atoms with Gasteiger partial charge in [0.2, 0.25) is 5.82 Å². The number of nitrogens with zero attached hydrogens (tertiary/aromatic N) is 3. The van der Waals surface area contributed by atoms with Crippen molar-refractivity contribution in [1.29, 1.82) is 5.26 Å². The summed E-state index contributed by atoms with van der Waals surface area (Å²) >= 11 is 0. The van der Waals surface area contributed by atoms with E-state index in [-0.39, 0.29) is 29.4 Å². The van der Waals surface area contributed by atoms with Gasteiger partial charge in [0.05, 0.1) is 17.9 Å². The van der Waals surface area contributed by atoms with Gasteiger partial charge in [-0.15, -0.1) is 0 Å². The van der Waals surface area contributed by atoms with Gasteiger partial charge in [0.25, 0.3) is 0 Å². The number of imidazole rings is 1. The van der Waals surface area contributed by atoms with Gasteiger partial charge in [-0.05, 0) is 19.1 Å². The van der Waals surface area contributed by atoms with Crippen LogP contribution in [-0.2, 0) is 4.74 Å². The first-order chi connectivity index (χ1) is 9.58. The molecule has 0 aliphatic heterocycles. The molecule has 20 heavy (non-hydrogen) atoms. The van der Waals surface area contributed by atoms with Crippen LogP contribution in [0.5, 0.6) is 0 Å². The first-order valence-electron chi connectivity index (χ1n) is 5.78. The Bertz CT molecular complexity index is 703. The zero-order valence-electron chi connectivity index (χ0n) is 10.6. The standard InChI is InChI=1S/C13H11FN4O2/c1-2-20-13(19)8-5-11(9(14)6-10(8)16)18-4-3-17-12(18)7-15/h3-6H,2,16H2,1H3. The van der Waals surface area contributed by atoms with E-state index in [4.69, 9.17) is 15.7 Å². The number of nitrogens with two attached hydrogens (primary N) is 1. The molecule has 1 heterocycles. The zero-order chi connectivity index (χ0) is 14.7. The smallest absolute Gasteiger partial charge is 0.340 e. The molecule has 1 aromatic heterocycles. The van der Waals surface area contributed by atoms with Gasteiger partial charge in [-0.1, -0.05) is 0 Å². The van der Waals surface area contributed by atoms with Gasteiger partial charge in [0.15, 0.2) is 0 Å². The fraction of sp³-hybridized carbons (Fsp3) is 0.154. The lowest BCUT2D eigenvalue weighted by Crippen LogP contribution is -2.11. The van der Waals surface area contributed by atoms with Crippen LogP contribution in [0.15, 0.2) is 24.5 Å². The number of carbonyl (C=O) groups excluding carboxylic acids is 1. The topological polar surface area (TPSA) is 93.9 Å². The third kappa shape index (κ3) is 2.31. The van der Waals surface area contributed by atoms with Crippen molar-refractivity contribution in [3.63, 3.8) is 0 Å². The Labute approximate surface area is 114 Å². The highest BCUT2D eigenvalue weighted by Crippen LogP contribution is 2.23. The number of benzene rings is 1. The van der Waals surface area contributed by atoms with Gasteiger partial charge >= 0.3 is 5.97 Å². The molecule has 0 aliphatic carbocycles. The molecular weight excluding hydrogens is 263 g/mol. The average molecular weight is 274 g/mol. The number of nitriles is 1. The maximum Gasteiger partial charge on any atom is 0.340 e. The predicted octanol–water partition coefficient (Wildman–Crippen LogP) is 1.64. The van der Waals surface area contributed by atoms with E-state index in [9.17, 15) is 9.18 Å². The van der Waals surface area contributed by atoms with Crippen LogP contribution in [0, 0.1) is 17.1 Å². The van der Waals surface area contributed by atoms with Crippen LogP contribution in [0.4, 0.5) is 10.1 Å². The molecule has 2 rings (SSSR count). The van der Waals surface area contributed by atoms with E-state index >= 15 is 0 Å². The van der Waals surface area contributed by atoms with E-state index in [1.54, 1.807) is 6.92 Å². The maximum absolute atomic E-state index is 14.0. The van der Waals surface area contributed by atoms with Gasteiger partial charge in [-0.25, -0.2) is 14.2 Å². The van der Waals surface area contributed by atoms with Crippen LogP contribution in [0.1, 0.15) is 23.1 Å². The van der Waals surface area contributed by atoms with Crippen LogP contribution < -0.4 is 5.73 Å². The highest BCUT2D eigenvalue weighted by atomic mass is 19.1. The number of esters is 1. The molecule has 0 unspecified atom stereocenters. The molecule has 7 heteroatoms. The lowest BCUT2D eigenvalue weighted by atomic mass is 10.1. The average Bonchev–Trinajstić information content (AvgIpc) is 2.87. The lowest BCUT2D eigenvalue weighted by Gasteiger charge is -2.10. The molecular formula is C13H11FN4O2. The Hall–Kier alpha value is -2.88. The van der Waals surface area contributed by atoms with Gasteiger partial charge in [0, 0.05) is 18.1 Å². The molecule has 0 aliphatic rings. The minimum Gasteiger partial charge on any atom is -0.462 e. The first kappa shape index (κ1) is 13.5. The van der Waals surface area contributed by atoms with Crippen LogP contribution in [0.25, 0.3) is 5.69 Å². The van der Waals surface area contributed by atoms with Crippen molar-refractivity contribution in [1.82, 2.24) is 9.55 Å². The van der Waals surface area contributed by atoms with Gasteiger partial charge < -0.3 is 10.5 Å². The molecule has 0 atom stereocenters. The molecule has 2 N–H and O–H groups in total. The monoisotopic (exact) mass is 274 g/mol. The fourth-order valence-corrected chi connectivity index (χ4v) is 1.73. The van der Waals surface area contributed by atoms with Crippen LogP contribution in [0.2, 0.25) is 0 Å². The number of aromatic nitrogens is 2. The van der Waals surface area contributed by atoms with E-state index in [0.29, 0.717) is 0 Å². The Balaban J connectivity index is 2.58. The normalized spacial score (nSPS) is 10.1. The summed E-state index contributed by atoms with van der Waals surface area (Å²) in [4.78, 5) is 15.5. The second-order valence-corrected chi connectivity index (χ2v) is 3.84. The number of halogens is 1. The van der Waals surface area contributed by atoms with Crippen molar-refractivity contribution in [3.8, 4) is 11.8 Å². The van der Waals surface area contributed by atoms with E-state index in [1.807, 2.05) is 6.07 Å². The van der Waals surface area contributed by atoms with E-state index < -0.39 is 11.8 Å². The number of carbonyl (C=O) groups is 1. The van der Waals surface area contributed by atoms with Crippen molar-refractivity contribution in [2.45, 2.75) is 6.92 Å². The quantitative estimate of drug-likeness (QED) is 0.678. The Morgan fingerprint density at radius 2 is 2.35 bits per heavy atom. The molecule has 0 saturated heterocycles. The number of nitrogen functional groups attached to an aromatic ring is 1. The Morgan fingerprint density at radius 3 is 3.00 bits per heavy atom. The van der Waals surface area contributed by atoms with E-state index in [1.165, 1.54) is 23.0 Å². The minimum absolute atomic E-state index is 0.00322. The lowest BCUT2D eigenvalue weighted by molar-refractivity contribution is 0.0527. The summed E-state index contributed by atoms with van der Waals surface area (Å²) in [6.07, 6.45) is 2.78. The van der Waals surface area contributed by atoms with Crippen LogP contribution in [0.3, 0.4) is 0 Å². The van der Waals surface area contributed by atoms with Crippen molar-refractivity contribution in [3.05, 3.63) is 41.7 Å². The number of rotatable bonds is 3. The second kappa shape index (κ2) is 5.40. The first-order valence-corrected chi connectivity index (χ1v) is 5.78. The minimum atomic E-state index is -0.662. The number of hydrogen-bond donors (Lipinski definition) is 1. The summed E-state index contributed by atoms with van der Waals surface area (Å²) in [6.45, 7) is 1.84. The molecule has 6 nitrogen and oxygen atoms in total. The molecule has 2 aromatic rings. The van der Waals surface area contributed by atoms with Crippen molar-refractivity contribution in [2.24, 2.45) is 0 Å². The molecule has 0 fully saturated rings. The molecule has 0 spiro atoms. The summed E-state index contributed by atoms with van der Waals surface area (Å²) in [5, 5.41) is 8.90. The number of anilines is 1. The Kier molecular flexibility index (Phi) is 3.66. The molecule has 102 valence electrons. The molecule has 1 aromatic carbocycles. The van der Waals surface area contributed by atoms with Crippen molar-refractivity contribution < 1.29 is 13.9 Å². The fourth-order valence-electron chi connectivity index (χ4n) is 1.73. The number of hydrogen-bond acceptors (Lipinski definition) is 5. The summed E-state index contributed by atoms with van der Waals surface area (Å²) in [6, 6.07) is 4.09. The maximum atomic E-state index is 14.0. The summed E-state index contributed by atoms with van der Waals surface area (Å²) in [5.41, 5.74) is 5.64. The third-order valence-corrected chi connectivity index (χ3v) is 2.61. The summed E-state index contributed by atoms with van der Waals surface area (Å²) < 4.78 is 20.0. The predicted molar refractivity (Wildman–Crippen MR) is 68.6 cm³/mol. The number of ether oxygens (including phenoxy) is 1. The largest absolute Gasteiger partial charge is 0.462 e. The SMILES string of the molecule is CCOC(=O)c1cc(-n2ccnc2C#N)c(F)cc1N. The molecule has 0 radical (unpaired) electrons. The van der Waals surface area contributed by atoms with E-state index in [0.717, 1.165) is 6.07 Å². The van der Waals surface area contributed by atoms with Crippen molar-refractivity contribution in [2.75, 3.05) is 12.3 Å². The summed E-state index contributed by atoms with van der Waals surface area (Å²) in [5.74, 6) is -1.31. The second-order valence-electron chi connectivity index (χ2n) is 3.84. The van der Waals surface area contributed by atoms with Crippen molar-refractivity contribution >= 4 is 11.7 Å². The van der Waals surface area contributed by atoms with Gasteiger partial charge in [-0.3, -0.25) is 4.57 Å². The molecule has 0 amide bonds. The summed E-state index contributed by atoms with van der Waals surface area (Å²) in [7, 11) is 0. The molecule has 0 saturated carbocycles. The van der Waals surface area contributed by atoms with Gasteiger partial charge in [0.1, 0.15) is 11.9 Å². The molecule has 0 bridgehead atoms. The highest BCUT2D eigenvalue weighted by Gasteiger charge is 2.17. The van der Waals surface area contributed by atoms with Crippen LogP contribution >= 0.6 is 0 Å². The van der Waals surface area contributed by atoms with Gasteiger partial charge in [-0.2, -0.15) is 5.26 Å². The van der Waals surface area contributed by atoms with Crippen LogP contribution in [-0.4, -0.2) is 22.1 Å². The van der Waals surface area contributed by atoms with E-state index in [2.05, 4.69) is 4.98 Å². The highest BCUT2D eigenvalue weighted by molar-refractivity contribution is 5.95. The Morgan fingerprint density at radius 1 is 1.60 bits per heavy atom.